The molecule has 5 aromatic rings. The Hall–Kier alpha value is -3.73. The molecule has 0 bridgehead atoms. The van der Waals surface area contributed by atoms with Gasteiger partial charge in [0.1, 0.15) is 11.2 Å². The zero-order chi connectivity index (χ0) is 35.9. The molecule has 1 N–H and O–H groups in total. The van der Waals surface area contributed by atoms with Gasteiger partial charge in [-0.15, -0.1) is 29.1 Å². The van der Waals surface area contributed by atoms with Crippen molar-refractivity contribution in [2.75, 3.05) is 0 Å². The summed E-state index contributed by atoms with van der Waals surface area (Å²) in [6, 6.07) is 20.7. The van der Waals surface area contributed by atoms with E-state index in [1.54, 1.807) is 0 Å². The van der Waals surface area contributed by atoms with Crippen molar-refractivity contribution < 1.29 is 39.0 Å². The molecule has 3 heterocycles. The van der Waals surface area contributed by atoms with Crippen LogP contribution in [0.5, 0.6) is 0 Å². The van der Waals surface area contributed by atoms with Crippen LogP contribution in [0.25, 0.3) is 44.3 Å². The number of nitrogens with zero attached hydrogens (tertiary/aromatic N) is 2. The summed E-state index contributed by atoms with van der Waals surface area (Å²) in [5, 5.41) is 12.1. The summed E-state index contributed by atoms with van der Waals surface area (Å²) in [6.45, 7) is 19.3. The molecule has 1 radical (unpaired) electrons. The van der Waals surface area contributed by atoms with Crippen LogP contribution in [0, 0.1) is 30.9 Å². The number of hydrogen-bond donors (Lipinski definition) is 1. The number of benzene rings is 2. The van der Waals surface area contributed by atoms with Crippen LogP contribution in [0.15, 0.2) is 83.4 Å². The quantitative estimate of drug-likeness (QED) is 0.0622. The first-order valence-electron chi connectivity index (χ1n) is 17.9. The number of aliphatic hydroxyl groups is 1. The summed E-state index contributed by atoms with van der Waals surface area (Å²) >= 11 is 0. The van der Waals surface area contributed by atoms with E-state index in [1.807, 2.05) is 57.0 Å². The number of ketones is 1. The van der Waals surface area contributed by atoms with Gasteiger partial charge in [0.2, 0.25) is 0 Å². The van der Waals surface area contributed by atoms with Crippen LogP contribution in [-0.4, -0.2) is 15.9 Å². The molecule has 0 saturated carbocycles. The topological polar surface area (TPSA) is 67.2 Å². The van der Waals surface area contributed by atoms with E-state index in [2.05, 4.69) is 95.2 Å². The number of aliphatic hydroxyl groups excluding tert-OH is 1. The summed E-state index contributed by atoms with van der Waals surface area (Å²) in [5.41, 5.74) is 8.41. The summed E-state index contributed by atoms with van der Waals surface area (Å²) in [4.78, 5) is 16.3. The number of hydrogen-bond acceptors (Lipinski definition) is 4. The molecule has 50 heavy (non-hydrogen) atoms. The van der Waals surface area contributed by atoms with Crippen LogP contribution in [0.2, 0.25) is 0 Å². The van der Waals surface area contributed by atoms with Gasteiger partial charge in [-0.25, -0.2) is 0 Å². The van der Waals surface area contributed by atoms with E-state index < -0.39 is 0 Å². The van der Waals surface area contributed by atoms with Crippen molar-refractivity contribution in [3.05, 3.63) is 103 Å². The van der Waals surface area contributed by atoms with Gasteiger partial charge in [0.15, 0.2) is 11.4 Å². The average molecular weight is 852 g/mol. The van der Waals surface area contributed by atoms with E-state index in [1.165, 1.54) is 17.0 Å². The zero-order valence-electron chi connectivity index (χ0n) is 31.4. The van der Waals surface area contributed by atoms with Gasteiger partial charge in [-0.2, -0.15) is 0 Å². The number of allylic oxidation sites excluding steroid dienone is 2. The molecule has 0 amide bonds. The molecule has 0 atom stereocenters. The number of pyridine rings is 2. The molecular weight excluding hydrogens is 797 g/mol. The average Bonchev–Trinajstić information content (AvgIpc) is 3.47. The second-order valence-corrected chi connectivity index (χ2v) is 14.6. The predicted molar refractivity (Wildman–Crippen MR) is 203 cm³/mol. The van der Waals surface area contributed by atoms with Crippen LogP contribution in [0.3, 0.4) is 0 Å². The fourth-order valence-electron chi connectivity index (χ4n) is 6.49. The van der Waals surface area contributed by atoms with Gasteiger partial charge in [-0.05, 0) is 67.2 Å². The Morgan fingerprint density at radius 2 is 1.66 bits per heavy atom. The fourth-order valence-corrected chi connectivity index (χ4v) is 6.49. The molecule has 0 aliphatic rings. The second kappa shape index (κ2) is 18.0. The number of fused-ring (bicyclic) bond motifs is 2. The van der Waals surface area contributed by atoms with Crippen LogP contribution in [0.4, 0.5) is 0 Å². The SMILES string of the molecule is CCC(CC)C(=O)/C=C(\O)C(CC)CC.[CH2-][n+]1ccc(-c2ccnc3c(CC(C)C)coc23)cc1-c1[c-]c2ccccc2c(C(C)(C)C)c1.[Ir]. The largest absolute Gasteiger partial charge is 0.512 e. The monoisotopic (exact) mass is 852 g/mol. The van der Waals surface area contributed by atoms with Gasteiger partial charge in [-0.1, -0.05) is 91.5 Å². The molecule has 3 aromatic heterocycles. The van der Waals surface area contributed by atoms with Crippen molar-refractivity contribution >= 4 is 27.7 Å². The van der Waals surface area contributed by atoms with Crippen LogP contribution in [-0.2, 0) is 36.7 Å². The number of carbonyl (C=O) groups excluding carboxylic acids is 1. The molecule has 269 valence electrons. The van der Waals surface area contributed by atoms with Gasteiger partial charge in [-0.3, -0.25) is 9.78 Å². The van der Waals surface area contributed by atoms with Gasteiger partial charge in [0.05, 0.1) is 18.2 Å². The van der Waals surface area contributed by atoms with Crippen molar-refractivity contribution in [3.63, 3.8) is 0 Å². The van der Waals surface area contributed by atoms with E-state index in [9.17, 15) is 9.90 Å². The molecule has 6 heteroatoms. The Bertz CT molecular complexity index is 1910. The van der Waals surface area contributed by atoms with Crippen molar-refractivity contribution in [2.24, 2.45) is 17.8 Å². The Morgan fingerprint density at radius 3 is 2.28 bits per heavy atom. The number of rotatable bonds is 11. The summed E-state index contributed by atoms with van der Waals surface area (Å²) < 4.78 is 7.96. The van der Waals surface area contributed by atoms with Gasteiger partial charge >= 0.3 is 0 Å². The Balaban J connectivity index is 0.000000361. The smallest absolute Gasteiger partial charge is 0.162 e. The van der Waals surface area contributed by atoms with Gasteiger partial charge in [0, 0.05) is 62.4 Å². The minimum atomic E-state index is 0. The zero-order valence-corrected chi connectivity index (χ0v) is 33.8. The normalized spacial score (nSPS) is 12.0. The summed E-state index contributed by atoms with van der Waals surface area (Å²) in [7, 11) is 4.26. The molecule has 2 aromatic carbocycles. The maximum atomic E-state index is 11.7. The van der Waals surface area contributed by atoms with E-state index in [0.717, 1.165) is 76.5 Å². The van der Waals surface area contributed by atoms with Gasteiger partial charge < -0.3 is 14.1 Å². The molecule has 0 aliphatic carbocycles. The van der Waals surface area contributed by atoms with Crippen LogP contribution < -0.4 is 4.57 Å². The number of carbonyl (C=O) groups is 1. The van der Waals surface area contributed by atoms with E-state index >= 15 is 0 Å². The third kappa shape index (κ3) is 9.53. The second-order valence-electron chi connectivity index (χ2n) is 14.6. The molecule has 0 unspecified atom stereocenters. The first-order valence-corrected chi connectivity index (χ1v) is 17.9. The maximum Gasteiger partial charge on any atom is 0.162 e. The predicted octanol–water partition coefficient (Wildman–Crippen LogP) is 11.4. The summed E-state index contributed by atoms with van der Waals surface area (Å²) in [5.74, 6) is 1.09. The van der Waals surface area contributed by atoms with Crippen molar-refractivity contribution in [1.29, 1.82) is 0 Å². The Kier molecular flexibility index (Phi) is 14.6. The number of aromatic nitrogens is 2. The van der Waals surface area contributed by atoms with Gasteiger partial charge in [0.25, 0.3) is 0 Å². The van der Waals surface area contributed by atoms with Crippen molar-refractivity contribution in [1.82, 2.24) is 4.98 Å². The molecule has 0 saturated heterocycles. The van der Waals surface area contributed by atoms with Crippen LogP contribution in [0.1, 0.15) is 99.1 Å². The molecule has 5 rings (SSSR count). The third-order valence-corrected chi connectivity index (χ3v) is 9.44. The van der Waals surface area contributed by atoms with Crippen molar-refractivity contribution in [2.45, 2.75) is 99.8 Å². The van der Waals surface area contributed by atoms with E-state index in [0.29, 0.717) is 5.92 Å². The minimum absolute atomic E-state index is 0. The fraction of sp³-hybridized carbons (Fsp3) is 0.409. The first kappa shape index (κ1) is 40.7. The Morgan fingerprint density at radius 1 is 1.00 bits per heavy atom. The molecule has 5 nitrogen and oxygen atoms in total. The first-order chi connectivity index (χ1) is 23.3. The van der Waals surface area contributed by atoms with E-state index in [-0.39, 0.29) is 48.9 Å². The summed E-state index contributed by atoms with van der Waals surface area (Å²) in [6.07, 6.45) is 11.6. The van der Waals surface area contributed by atoms with E-state index in [4.69, 9.17) is 4.42 Å². The third-order valence-electron chi connectivity index (χ3n) is 9.44. The molecule has 0 spiro atoms. The number of furan rings is 1. The maximum absolute atomic E-state index is 11.7. The molecule has 0 aliphatic heterocycles. The Labute approximate surface area is 313 Å². The molecular formula is C44H55IrN2O3-. The standard InChI is InChI=1S/C31H31N2O.C13H24O2.Ir/c1-20(2)15-24-19-34-30-26(11-13-32-29(24)30)22-12-14-33(6)28(18-22)23-16-21-9-7-8-10-25(21)27(17-23)31(3,4)5;1-5-10(6-2)12(14)9-13(15)11(7-3)8-4;/h7-14,17-20H,6,15H2,1-5H3;9-11,14H,5-8H2,1-4H3;/q-1;;/b;12-9-;. The van der Waals surface area contributed by atoms with Crippen LogP contribution >= 0.6 is 0 Å². The molecule has 0 fully saturated rings. The minimum Gasteiger partial charge on any atom is -0.512 e. The van der Waals surface area contributed by atoms with Crippen molar-refractivity contribution in [3.8, 4) is 22.4 Å².